The molecule has 2 heterocycles. The lowest BCUT2D eigenvalue weighted by Crippen LogP contribution is -2.13. The summed E-state index contributed by atoms with van der Waals surface area (Å²) in [5.74, 6) is -0.987. The minimum atomic E-state index is -1.29. The number of nitrogens with zero attached hydrogens (tertiary/aromatic N) is 5. The van der Waals surface area contributed by atoms with E-state index in [2.05, 4.69) is 20.4 Å². The van der Waals surface area contributed by atoms with Crippen molar-refractivity contribution in [2.45, 2.75) is 12.6 Å². The van der Waals surface area contributed by atoms with Gasteiger partial charge in [-0.2, -0.15) is 4.80 Å². The second-order valence-corrected chi connectivity index (χ2v) is 4.59. The van der Waals surface area contributed by atoms with Crippen molar-refractivity contribution in [1.29, 1.82) is 0 Å². The first-order valence-corrected chi connectivity index (χ1v) is 6.44. The van der Waals surface area contributed by atoms with Crippen molar-refractivity contribution in [3.05, 3.63) is 59.9 Å². The lowest BCUT2D eigenvalue weighted by Gasteiger charge is -2.10. The Balaban J connectivity index is 1.79. The number of benzene rings is 1. The fourth-order valence-electron chi connectivity index (χ4n) is 1.95. The SMILES string of the molecule is OC(Cn1nnc(-c2cccnc2)n1)c1cc(F)ccc1F. The quantitative estimate of drug-likeness (QED) is 0.794. The lowest BCUT2D eigenvalue weighted by atomic mass is 10.1. The van der Waals surface area contributed by atoms with Crippen LogP contribution in [0.3, 0.4) is 0 Å². The van der Waals surface area contributed by atoms with Crippen LogP contribution >= 0.6 is 0 Å². The molecule has 6 nitrogen and oxygen atoms in total. The summed E-state index contributed by atoms with van der Waals surface area (Å²) >= 11 is 0. The maximum absolute atomic E-state index is 13.6. The van der Waals surface area contributed by atoms with Gasteiger partial charge in [-0.25, -0.2) is 8.78 Å². The molecule has 1 N–H and O–H groups in total. The molecule has 0 amide bonds. The molecule has 8 heteroatoms. The summed E-state index contributed by atoms with van der Waals surface area (Å²) in [5.41, 5.74) is 0.514. The minimum absolute atomic E-state index is 0.145. The van der Waals surface area contributed by atoms with Crippen LogP contribution in [0.15, 0.2) is 42.7 Å². The molecule has 2 aromatic heterocycles. The van der Waals surface area contributed by atoms with E-state index < -0.39 is 17.7 Å². The molecular formula is C14H11F2N5O. The van der Waals surface area contributed by atoms with Gasteiger partial charge in [0.25, 0.3) is 0 Å². The molecule has 0 bridgehead atoms. The van der Waals surface area contributed by atoms with Gasteiger partial charge in [0.05, 0.1) is 6.54 Å². The second kappa shape index (κ2) is 5.94. The van der Waals surface area contributed by atoms with Crippen molar-refractivity contribution in [2.75, 3.05) is 0 Å². The first-order valence-electron chi connectivity index (χ1n) is 6.44. The highest BCUT2D eigenvalue weighted by Crippen LogP contribution is 2.20. The van der Waals surface area contributed by atoms with Crippen molar-refractivity contribution in [3.8, 4) is 11.4 Å². The Morgan fingerprint density at radius 3 is 2.86 bits per heavy atom. The van der Waals surface area contributed by atoms with Crippen LogP contribution in [0.1, 0.15) is 11.7 Å². The molecule has 0 radical (unpaired) electrons. The molecule has 1 unspecified atom stereocenters. The number of halogens is 2. The third kappa shape index (κ3) is 2.96. The average Bonchev–Trinajstić information content (AvgIpc) is 2.99. The molecule has 3 aromatic rings. The lowest BCUT2D eigenvalue weighted by molar-refractivity contribution is 0.140. The number of aliphatic hydroxyl groups excluding tert-OH is 1. The number of aliphatic hydroxyl groups is 1. The number of tetrazole rings is 1. The van der Waals surface area contributed by atoms with Gasteiger partial charge in [-0.05, 0) is 35.5 Å². The van der Waals surface area contributed by atoms with Crippen LogP contribution in [0.25, 0.3) is 11.4 Å². The summed E-state index contributed by atoms with van der Waals surface area (Å²) < 4.78 is 26.7. The number of aromatic nitrogens is 5. The zero-order valence-corrected chi connectivity index (χ0v) is 11.3. The van der Waals surface area contributed by atoms with Crippen LogP contribution in [0.4, 0.5) is 8.78 Å². The van der Waals surface area contributed by atoms with E-state index in [1.54, 1.807) is 24.5 Å². The number of pyridine rings is 1. The summed E-state index contributed by atoms with van der Waals surface area (Å²) in [6.45, 7) is -0.145. The fraction of sp³-hybridized carbons (Fsp3) is 0.143. The van der Waals surface area contributed by atoms with Gasteiger partial charge in [-0.3, -0.25) is 4.98 Å². The van der Waals surface area contributed by atoms with Crippen molar-refractivity contribution in [1.82, 2.24) is 25.2 Å². The second-order valence-electron chi connectivity index (χ2n) is 4.59. The average molecular weight is 303 g/mol. The summed E-state index contributed by atoms with van der Waals surface area (Å²) in [4.78, 5) is 5.06. The zero-order chi connectivity index (χ0) is 15.5. The van der Waals surface area contributed by atoms with Crippen molar-refractivity contribution < 1.29 is 13.9 Å². The van der Waals surface area contributed by atoms with E-state index in [1.165, 1.54) is 0 Å². The Bertz CT molecular complexity index is 778. The number of rotatable bonds is 4. The summed E-state index contributed by atoms with van der Waals surface area (Å²) in [6.07, 6.45) is 1.90. The van der Waals surface area contributed by atoms with E-state index in [0.717, 1.165) is 23.0 Å². The van der Waals surface area contributed by atoms with E-state index in [-0.39, 0.29) is 12.1 Å². The van der Waals surface area contributed by atoms with Gasteiger partial charge in [0, 0.05) is 23.5 Å². The van der Waals surface area contributed by atoms with Gasteiger partial charge in [0.1, 0.15) is 17.7 Å². The van der Waals surface area contributed by atoms with Gasteiger partial charge in [0.15, 0.2) is 0 Å². The Morgan fingerprint density at radius 2 is 2.09 bits per heavy atom. The first kappa shape index (κ1) is 14.2. The van der Waals surface area contributed by atoms with Crippen molar-refractivity contribution >= 4 is 0 Å². The van der Waals surface area contributed by atoms with Crippen molar-refractivity contribution in [3.63, 3.8) is 0 Å². The van der Waals surface area contributed by atoms with Crippen LogP contribution in [-0.2, 0) is 6.54 Å². The highest BCUT2D eigenvalue weighted by atomic mass is 19.1. The van der Waals surface area contributed by atoms with Gasteiger partial charge in [0.2, 0.25) is 5.82 Å². The molecule has 0 aliphatic rings. The monoisotopic (exact) mass is 303 g/mol. The molecule has 1 aromatic carbocycles. The van der Waals surface area contributed by atoms with E-state index in [9.17, 15) is 13.9 Å². The van der Waals surface area contributed by atoms with E-state index in [4.69, 9.17) is 0 Å². The predicted molar refractivity (Wildman–Crippen MR) is 72.4 cm³/mol. The molecule has 0 spiro atoms. The summed E-state index contributed by atoms with van der Waals surface area (Å²) in [5, 5.41) is 21.7. The van der Waals surface area contributed by atoms with Crippen molar-refractivity contribution in [2.24, 2.45) is 0 Å². The van der Waals surface area contributed by atoms with Gasteiger partial charge in [-0.15, -0.1) is 10.2 Å². The van der Waals surface area contributed by atoms with Crippen LogP contribution in [-0.4, -0.2) is 30.3 Å². The molecule has 0 aliphatic heterocycles. The third-order valence-corrected chi connectivity index (χ3v) is 3.03. The molecule has 0 fully saturated rings. The van der Waals surface area contributed by atoms with Crippen LogP contribution in [0, 0.1) is 11.6 Å². The molecule has 0 saturated heterocycles. The minimum Gasteiger partial charge on any atom is -0.386 e. The first-order chi connectivity index (χ1) is 10.6. The molecule has 0 saturated carbocycles. The molecule has 3 rings (SSSR count). The Kier molecular flexibility index (Phi) is 3.84. The Labute approximate surface area is 124 Å². The molecule has 1 atom stereocenters. The largest absolute Gasteiger partial charge is 0.386 e. The molecule has 0 aliphatic carbocycles. The maximum atomic E-state index is 13.6. The van der Waals surface area contributed by atoms with Crippen LogP contribution in [0.5, 0.6) is 0 Å². The third-order valence-electron chi connectivity index (χ3n) is 3.03. The number of hydrogen-bond acceptors (Lipinski definition) is 5. The van der Waals surface area contributed by atoms with Crippen LogP contribution in [0.2, 0.25) is 0 Å². The smallest absolute Gasteiger partial charge is 0.206 e. The topological polar surface area (TPSA) is 76.7 Å². The summed E-state index contributed by atoms with van der Waals surface area (Å²) in [6, 6.07) is 6.38. The summed E-state index contributed by atoms with van der Waals surface area (Å²) in [7, 11) is 0. The maximum Gasteiger partial charge on any atom is 0.206 e. The van der Waals surface area contributed by atoms with E-state index in [0.29, 0.717) is 11.4 Å². The highest BCUT2D eigenvalue weighted by molar-refractivity contribution is 5.51. The fourth-order valence-corrected chi connectivity index (χ4v) is 1.95. The van der Waals surface area contributed by atoms with Gasteiger partial charge < -0.3 is 5.11 Å². The Morgan fingerprint density at radius 1 is 1.23 bits per heavy atom. The van der Waals surface area contributed by atoms with E-state index in [1.807, 2.05) is 0 Å². The van der Waals surface area contributed by atoms with Crippen LogP contribution < -0.4 is 0 Å². The zero-order valence-electron chi connectivity index (χ0n) is 11.3. The molecular weight excluding hydrogens is 292 g/mol. The van der Waals surface area contributed by atoms with Gasteiger partial charge in [-0.1, -0.05) is 0 Å². The standard InChI is InChI=1S/C14H11F2N5O/c15-10-3-4-12(16)11(6-10)13(22)8-21-19-14(18-20-21)9-2-1-5-17-7-9/h1-7,13,22H,8H2. The van der Waals surface area contributed by atoms with Gasteiger partial charge >= 0.3 is 0 Å². The predicted octanol–water partition coefficient (Wildman–Crippen LogP) is 1.75. The number of hydrogen-bond donors (Lipinski definition) is 1. The molecule has 112 valence electrons. The normalized spacial score (nSPS) is 12.3. The highest BCUT2D eigenvalue weighted by Gasteiger charge is 2.16. The van der Waals surface area contributed by atoms with E-state index >= 15 is 0 Å². The molecule has 22 heavy (non-hydrogen) atoms. The Hall–Kier alpha value is -2.74.